The topological polar surface area (TPSA) is 86.5 Å². The van der Waals surface area contributed by atoms with Crippen LogP contribution in [-0.2, 0) is 16.0 Å². The smallest absolute Gasteiger partial charge is 0.255 e. The number of carbonyl (C=O) groups is 1. The van der Waals surface area contributed by atoms with Crippen LogP contribution in [0.2, 0.25) is 0 Å². The number of thiazole rings is 1. The largest absolute Gasteiger partial charge is 0.493 e. The lowest BCUT2D eigenvalue weighted by Crippen LogP contribution is -2.29. The van der Waals surface area contributed by atoms with Gasteiger partial charge in [-0.3, -0.25) is 10.1 Å². The molecule has 0 aliphatic carbocycles. The van der Waals surface area contributed by atoms with Gasteiger partial charge in [-0.05, 0) is 36.6 Å². The number of anilines is 1. The predicted octanol–water partition coefficient (Wildman–Crippen LogP) is 2.19. The van der Waals surface area contributed by atoms with Crippen LogP contribution in [-0.4, -0.2) is 36.3 Å². The molecule has 2 atom stereocenters. The van der Waals surface area contributed by atoms with Crippen molar-refractivity contribution in [1.29, 1.82) is 0 Å². The zero-order valence-corrected chi connectivity index (χ0v) is 14.0. The number of nitrogens with zero attached hydrogens (tertiary/aromatic N) is 1. The number of nitrogens with one attached hydrogen (secondary N) is 1. The molecule has 3 N–H and O–H groups in total. The van der Waals surface area contributed by atoms with Crippen molar-refractivity contribution in [3.8, 4) is 17.0 Å². The maximum atomic E-state index is 12.2. The van der Waals surface area contributed by atoms with Crippen molar-refractivity contribution in [3.05, 3.63) is 29.1 Å². The van der Waals surface area contributed by atoms with Gasteiger partial charge in [0.05, 0.1) is 18.4 Å². The second kappa shape index (κ2) is 6.51. The third kappa shape index (κ3) is 3.02. The molecule has 4 rings (SSSR count). The quantitative estimate of drug-likeness (QED) is 0.887. The van der Waals surface area contributed by atoms with Gasteiger partial charge in [-0.15, -0.1) is 11.3 Å². The van der Waals surface area contributed by atoms with E-state index in [-0.39, 0.29) is 12.0 Å². The van der Waals surface area contributed by atoms with Crippen molar-refractivity contribution in [3.63, 3.8) is 0 Å². The van der Waals surface area contributed by atoms with Gasteiger partial charge >= 0.3 is 0 Å². The molecular formula is C17H19N3O3S. The average Bonchev–Trinajstić information content (AvgIpc) is 3.33. The molecule has 1 amide bonds. The Labute approximate surface area is 144 Å². The first-order chi connectivity index (χ1) is 11.7. The van der Waals surface area contributed by atoms with Crippen LogP contribution >= 0.6 is 11.3 Å². The van der Waals surface area contributed by atoms with E-state index >= 15 is 0 Å². The van der Waals surface area contributed by atoms with Crippen LogP contribution in [0.5, 0.6) is 5.75 Å². The number of benzene rings is 1. The maximum Gasteiger partial charge on any atom is 0.255 e. The van der Waals surface area contributed by atoms with Crippen LogP contribution in [0.25, 0.3) is 11.3 Å². The van der Waals surface area contributed by atoms with E-state index in [9.17, 15) is 4.79 Å². The summed E-state index contributed by atoms with van der Waals surface area (Å²) in [7, 11) is 0. The molecule has 0 spiro atoms. The van der Waals surface area contributed by atoms with Gasteiger partial charge in [-0.2, -0.15) is 0 Å². The minimum atomic E-state index is -0.428. The Balaban J connectivity index is 1.44. The fourth-order valence-corrected chi connectivity index (χ4v) is 3.79. The Morgan fingerprint density at radius 1 is 1.42 bits per heavy atom. The lowest BCUT2D eigenvalue weighted by molar-refractivity contribution is -0.126. The normalized spacial score (nSPS) is 22.2. The number of carbonyl (C=O) groups excluding carboxylic acids is 1. The van der Waals surface area contributed by atoms with Gasteiger partial charge in [0.2, 0.25) is 0 Å². The minimum absolute atomic E-state index is 0.0127. The van der Waals surface area contributed by atoms with Gasteiger partial charge in [0.15, 0.2) is 5.13 Å². The number of aromatic nitrogens is 1. The number of hydrogen-bond donors (Lipinski definition) is 2. The van der Waals surface area contributed by atoms with Crippen LogP contribution in [0.3, 0.4) is 0 Å². The van der Waals surface area contributed by atoms with Gasteiger partial charge < -0.3 is 15.2 Å². The highest BCUT2D eigenvalue weighted by molar-refractivity contribution is 7.14. The number of hydrogen-bond acceptors (Lipinski definition) is 6. The van der Waals surface area contributed by atoms with E-state index in [0.717, 1.165) is 36.5 Å². The second-order valence-electron chi connectivity index (χ2n) is 6.01. The van der Waals surface area contributed by atoms with Crippen molar-refractivity contribution < 1.29 is 14.3 Å². The molecule has 126 valence electrons. The zero-order chi connectivity index (χ0) is 16.5. The summed E-state index contributed by atoms with van der Waals surface area (Å²) in [6, 6.07) is 6.08. The molecule has 7 heteroatoms. The highest BCUT2D eigenvalue weighted by Gasteiger charge is 2.30. The highest BCUT2D eigenvalue weighted by Crippen LogP contribution is 2.32. The molecular weight excluding hydrogens is 326 g/mol. The molecule has 3 heterocycles. The van der Waals surface area contributed by atoms with Crippen molar-refractivity contribution in [2.24, 2.45) is 5.73 Å². The second-order valence-corrected chi connectivity index (χ2v) is 6.87. The Morgan fingerprint density at radius 2 is 2.33 bits per heavy atom. The summed E-state index contributed by atoms with van der Waals surface area (Å²) in [5.41, 5.74) is 8.68. The summed E-state index contributed by atoms with van der Waals surface area (Å²) < 4.78 is 11.1. The first-order valence-corrected chi connectivity index (χ1v) is 8.99. The Hall–Kier alpha value is -1.96. The van der Waals surface area contributed by atoms with Gasteiger partial charge in [0, 0.05) is 23.9 Å². The van der Waals surface area contributed by atoms with Gasteiger partial charge in [-0.25, -0.2) is 4.98 Å². The van der Waals surface area contributed by atoms with Crippen LogP contribution in [0.1, 0.15) is 18.4 Å². The molecule has 6 nitrogen and oxygen atoms in total. The molecule has 2 aromatic rings. The zero-order valence-electron chi connectivity index (χ0n) is 13.2. The van der Waals surface area contributed by atoms with E-state index in [4.69, 9.17) is 15.2 Å². The number of ether oxygens (including phenoxy) is 2. The molecule has 0 saturated carbocycles. The summed E-state index contributed by atoms with van der Waals surface area (Å²) in [5.74, 6) is 0.810. The van der Waals surface area contributed by atoms with E-state index in [1.807, 2.05) is 17.5 Å². The van der Waals surface area contributed by atoms with Crippen molar-refractivity contribution in [2.45, 2.75) is 31.5 Å². The lowest BCUT2D eigenvalue weighted by atomic mass is 10.1. The molecule has 2 aliphatic rings. The molecule has 1 fully saturated rings. The molecule has 1 saturated heterocycles. The number of fused-ring (bicyclic) bond motifs is 1. The van der Waals surface area contributed by atoms with Gasteiger partial charge in [-0.1, -0.05) is 0 Å². The van der Waals surface area contributed by atoms with E-state index in [0.29, 0.717) is 18.1 Å². The molecule has 0 unspecified atom stereocenters. The molecule has 24 heavy (non-hydrogen) atoms. The van der Waals surface area contributed by atoms with Gasteiger partial charge in [0.25, 0.3) is 5.91 Å². The van der Waals surface area contributed by atoms with Crippen LogP contribution in [0, 0.1) is 0 Å². The average molecular weight is 345 g/mol. The summed E-state index contributed by atoms with van der Waals surface area (Å²) in [6.45, 7) is 1.19. The number of nitrogens with two attached hydrogens (primary N) is 1. The van der Waals surface area contributed by atoms with E-state index in [1.54, 1.807) is 0 Å². The Bertz CT molecular complexity index is 761. The van der Waals surface area contributed by atoms with Crippen LogP contribution in [0.15, 0.2) is 23.6 Å². The van der Waals surface area contributed by atoms with E-state index in [2.05, 4.69) is 16.4 Å². The molecule has 1 aromatic heterocycles. The third-order valence-corrected chi connectivity index (χ3v) is 5.14. The Kier molecular flexibility index (Phi) is 4.22. The predicted molar refractivity (Wildman–Crippen MR) is 92.3 cm³/mol. The monoisotopic (exact) mass is 345 g/mol. The van der Waals surface area contributed by atoms with Crippen LogP contribution in [0.4, 0.5) is 5.13 Å². The standard InChI is InChI=1S/C17H19N3O3S/c18-8-12-2-4-15(23-12)16(21)20-17-19-13(9-24-17)10-1-3-14-11(7-10)5-6-22-14/h1,3,7,9,12,15H,2,4-6,8,18H2,(H,19,20,21)/t12-,15+/m1/s1. The first kappa shape index (κ1) is 15.6. The molecule has 1 aromatic carbocycles. The summed E-state index contributed by atoms with van der Waals surface area (Å²) in [5, 5.41) is 5.39. The van der Waals surface area contributed by atoms with Crippen molar-refractivity contribution >= 4 is 22.4 Å². The summed E-state index contributed by atoms with van der Waals surface area (Å²) >= 11 is 1.42. The van der Waals surface area contributed by atoms with Crippen molar-refractivity contribution in [1.82, 2.24) is 4.98 Å². The summed E-state index contributed by atoms with van der Waals surface area (Å²) in [6.07, 6.45) is 2.02. The number of rotatable bonds is 4. The fourth-order valence-electron chi connectivity index (χ4n) is 3.07. The molecule has 0 bridgehead atoms. The minimum Gasteiger partial charge on any atom is -0.493 e. The fraction of sp³-hybridized carbons (Fsp3) is 0.412. The molecule has 0 radical (unpaired) electrons. The van der Waals surface area contributed by atoms with E-state index in [1.165, 1.54) is 16.9 Å². The first-order valence-electron chi connectivity index (χ1n) is 8.11. The van der Waals surface area contributed by atoms with Crippen LogP contribution < -0.4 is 15.8 Å². The van der Waals surface area contributed by atoms with Crippen molar-refractivity contribution in [2.75, 3.05) is 18.5 Å². The Morgan fingerprint density at radius 3 is 3.17 bits per heavy atom. The summed E-state index contributed by atoms with van der Waals surface area (Å²) in [4.78, 5) is 16.8. The van der Waals surface area contributed by atoms with E-state index < -0.39 is 6.10 Å². The highest BCUT2D eigenvalue weighted by atomic mass is 32.1. The van der Waals surface area contributed by atoms with Gasteiger partial charge in [0.1, 0.15) is 11.9 Å². The number of amides is 1. The molecule has 2 aliphatic heterocycles. The maximum absolute atomic E-state index is 12.2. The lowest BCUT2D eigenvalue weighted by Gasteiger charge is -2.11. The SMILES string of the molecule is NC[C@H]1CC[C@@H](C(=O)Nc2nc(-c3ccc4c(c3)CCO4)cs2)O1. The third-order valence-electron chi connectivity index (χ3n) is 4.38.